The Labute approximate surface area is 209 Å². The first-order chi connectivity index (χ1) is 17.3. The third-order valence-corrected chi connectivity index (χ3v) is 6.03. The van der Waals surface area contributed by atoms with Gasteiger partial charge in [-0.25, -0.2) is 0 Å². The molecule has 1 aliphatic rings. The molecule has 4 rings (SSSR count). The number of amides is 1. The number of phenols is 1. The lowest BCUT2D eigenvalue weighted by Crippen LogP contribution is -2.29. The van der Waals surface area contributed by atoms with Gasteiger partial charge in [-0.2, -0.15) is 0 Å². The monoisotopic (exact) mass is 488 g/mol. The number of carbonyl (C=O) groups is 2. The molecule has 1 aliphatic heterocycles. The molecular weight excluding hydrogens is 460 g/mol. The number of carbonyl (C=O) groups excluding carboxylic acids is 2. The van der Waals surface area contributed by atoms with Crippen LogP contribution in [0.5, 0.6) is 17.2 Å². The standard InChI is InChI=1S/C28H28N2O6/c1-5-36-23-16-17(9-14-22(23)31)25-24(26(32)18-7-6-8-21(15-18)35-4)27(33)28(34)30(25)20-12-10-19(11-13-20)29(2)3/h6-16,25,31-32H,5H2,1-4H3/b26-24-. The number of benzene rings is 3. The smallest absolute Gasteiger partial charge is 0.300 e. The molecule has 0 bridgehead atoms. The van der Waals surface area contributed by atoms with Gasteiger partial charge in [0.2, 0.25) is 0 Å². The van der Waals surface area contributed by atoms with Crippen molar-refractivity contribution in [2.75, 3.05) is 37.6 Å². The molecule has 1 amide bonds. The number of aliphatic hydroxyl groups excluding tert-OH is 1. The molecule has 0 radical (unpaired) electrons. The molecule has 1 heterocycles. The van der Waals surface area contributed by atoms with E-state index in [2.05, 4.69) is 0 Å². The molecule has 0 aliphatic carbocycles. The summed E-state index contributed by atoms with van der Waals surface area (Å²) in [5, 5.41) is 21.5. The molecule has 0 aromatic heterocycles. The van der Waals surface area contributed by atoms with Crippen molar-refractivity contribution in [2.45, 2.75) is 13.0 Å². The fraction of sp³-hybridized carbons (Fsp3) is 0.214. The predicted octanol–water partition coefficient (Wildman–Crippen LogP) is 4.49. The van der Waals surface area contributed by atoms with Crippen molar-refractivity contribution >= 4 is 28.8 Å². The van der Waals surface area contributed by atoms with Gasteiger partial charge in [0.05, 0.1) is 25.3 Å². The number of hydrogen-bond donors (Lipinski definition) is 2. The lowest BCUT2D eigenvalue weighted by molar-refractivity contribution is -0.132. The second-order valence-electron chi connectivity index (χ2n) is 8.47. The van der Waals surface area contributed by atoms with Gasteiger partial charge in [-0.1, -0.05) is 18.2 Å². The second kappa shape index (κ2) is 10.0. The number of aromatic hydroxyl groups is 1. The zero-order chi connectivity index (χ0) is 26.0. The number of phenolic OH excluding ortho intramolecular Hbond substituents is 1. The maximum Gasteiger partial charge on any atom is 0.300 e. The summed E-state index contributed by atoms with van der Waals surface area (Å²) in [5.41, 5.74) is 2.17. The molecule has 36 heavy (non-hydrogen) atoms. The molecular formula is C28H28N2O6. The van der Waals surface area contributed by atoms with Crippen LogP contribution in [0.15, 0.2) is 72.3 Å². The van der Waals surface area contributed by atoms with Gasteiger partial charge in [0.15, 0.2) is 11.5 Å². The maximum absolute atomic E-state index is 13.4. The lowest BCUT2D eigenvalue weighted by atomic mass is 9.94. The van der Waals surface area contributed by atoms with Crippen molar-refractivity contribution in [1.82, 2.24) is 0 Å². The molecule has 186 valence electrons. The molecule has 3 aromatic rings. The quantitative estimate of drug-likeness (QED) is 0.287. The number of methoxy groups -OCH3 is 1. The number of ether oxygens (including phenoxy) is 2. The van der Waals surface area contributed by atoms with Crippen molar-refractivity contribution in [2.24, 2.45) is 0 Å². The van der Waals surface area contributed by atoms with E-state index in [-0.39, 0.29) is 22.8 Å². The molecule has 0 saturated carbocycles. The van der Waals surface area contributed by atoms with Crippen LogP contribution in [0.25, 0.3) is 5.76 Å². The summed E-state index contributed by atoms with van der Waals surface area (Å²) < 4.78 is 10.8. The first-order valence-electron chi connectivity index (χ1n) is 11.4. The van der Waals surface area contributed by atoms with Gasteiger partial charge in [0.1, 0.15) is 11.5 Å². The topological polar surface area (TPSA) is 99.5 Å². The molecule has 2 N–H and O–H groups in total. The van der Waals surface area contributed by atoms with E-state index in [9.17, 15) is 19.8 Å². The van der Waals surface area contributed by atoms with Gasteiger partial charge >= 0.3 is 0 Å². The van der Waals surface area contributed by atoms with E-state index >= 15 is 0 Å². The van der Waals surface area contributed by atoms with Gasteiger partial charge < -0.3 is 24.6 Å². The minimum Gasteiger partial charge on any atom is -0.507 e. The van der Waals surface area contributed by atoms with Gasteiger partial charge in [-0.15, -0.1) is 0 Å². The van der Waals surface area contributed by atoms with Crippen LogP contribution in [-0.4, -0.2) is 49.7 Å². The molecule has 1 fully saturated rings. The first-order valence-corrected chi connectivity index (χ1v) is 11.4. The van der Waals surface area contributed by atoms with Gasteiger partial charge in [-0.3, -0.25) is 14.5 Å². The van der Waals surface area contributed by atoms with Crippen molar-refractivity contribution in [3.8, 4) is 17.2 Å². The van der Waals surface area contributed by atoms with E-state index in [0.29, 0.717) is 29.2 Å². The highest BCUT2D eigenvalue weighted by molar-refractivity contribution is 6.51. The summed E-state index contributed by atoms with van der Waals surface area (Å²) in [6.45, 7) is 2.10. The molecule has 1 atom stereocenters. The Balaban J connectivity index is 1.94. The van der Waals surface area contributed by atoms with Gasteiger partial charge in [0, 0.05) is 31.0 Å². The number of hydrogen-bond acceptors (Lipinski definition) is 7. The Morgan fingerprint density at radius 2 is 1.75 bits per heavy atom. The highest BCUT2D eigenvalue weighted by Crippen LogP contribution is 2.44. The SMILES string of the molecule is CCOc1cc(C2/C(=C(/O)c3cccc(OC)c3)C(=O)C(=O)N2c2ccc(N(C)C)cc2)ccc1O. The molecule has 8 nitrogen and oxygen atoms in total. The largest absolute Gasteiger partial charge is 0.507 e. The summed E-state index contributed by atoms with van der Waals surface area (Å²) in [6.07, 6.45) is 0. The van der Waals surface area contributed by atoms with Gasteiger partial charge in [-0.05, 0) is 61.0 Å². The molecule has 3 aromatic carbocycles. The van der Waals surface area contributed by atoms with Crippen LogP contribution in [0.2, 0.25) is 0 Å². The Hall–Kier alpha value is -4.46. The van der Waals surface area contributed by atoms with Crippen LogP contribution in [0, 0.1) is 0 Å². The highest BCUT2D eigenvalue weighted by atomic mass is 16.5. The first kappa shape index (κ1) is 24.7. The van der Waals surface area contributed by atoms with Crippen LogP contribution in [-0.2, 0) is 9.59 Å². The zero-order valence-electron chi connectivity index (χ0n) is 20.6. The summed E-state index contributed by atoms with van der Waals surface area (Å²) in [7, 11) is 5.31. The maximum atomic E-state index is 13.4. The number of rotatable bonds is 7. The van der Waals surface area contributed by atoms with Gasteiger partial charge in [0.25, 0.3) is 11.7 Å². The van der Waals surface area contributed by atoms with E-state index in [1.165, 1.54) is 18.1 Å². The third-order valence-electron chi connectivity index (χ3n) is 6.03. The van der Waals surface area contributed by atoms with Crippen LogP contribution in [0.1, 0.15) is 24.1 Å². The van der Waals surface area contributed by atoms with Crippen LogP contribution >= 0.6 is 0 Å². The fourth-order valence-electron chi connectivity index (χ4n) is 4.22. The number of Topliss-reactive ketones (excluding diaryl/α,β-unsaturated/α-hetero) is 1. The number of aliphatic hydroxyl groups is 1. The van der Waals surface area contributed by atoms with Crippen LogP contribution in [0.4, 0.5) is 11.4 Å². The summed E-state index contributed by atoms with van der Waals surface area (Å²) >= 11 is 0. The minimum atomic E-state index is -0.957. The Kier molecular flexibility index (Phi) is 6.87. The summed E-state index contributed by atoms with van der Waals surface area (Å²) in [6, 6.07) is 17.5. The highest BCUT2D eigenvalue weighted by Gasteiger charge is 2.47. The third kappa shape index (κ3) is 4.45. The number of ketones is 1. The molecule has 1 unspecified atom stereocenters. The number of nitrogens with zero attached hydrogens (tertiary/aromatic N) is 2. The normalized spacial score (nSPS) is 16.8. The van der Waals surface area contributed by atoms with Crippen LogP contribution < -0.4 is 19.3 Å². The molecule has 8 heteroatoms. The second-order valence-corrected chi connectivity index (χ2v) is 8.47. The molecule has 1 saturated heterocycles. The van der Waals surface area contributed by atoms with Crippen molar-refractivity contribution in [3.63, 3.8) is 0 Å². The zero-order valence-corrected chi connectivity index (χ0v) is 20.6. The summed E-state index contributed by atoms with van der Waals surface area (Å²) in [5.74, 6) is -1.27. The summed E-state index contributed by atoms with van der Waals surface area (Å²) in [4.78, 5) is 30.0. The van der Waals surface area contributed by atoms with Crippen LogP contribution in [0.3, 0.4) is 0 Å². The Morgan fingerprint density at radius 3 is 2.39 bits per heavy atom. The Morgan fingerprint density at radius 1 is 1.03 bits per heavy atom. The molecule has 0 spiro atoms. The minimum absolute atomic E-state index is 0.0688. The fourth-order valence-corrected chi connectivity index (χ4v) is 4.22. The number of anilines is 2. The average Bonchev–Trinajstić information content (AvgIpc) is 3.15. The van der Waals surface area contributed by atoms with E-state index in [1.54, 1.807) is 55.5 Å². The van der Waals surface area contributed by atoms with Crippen molar-refractivity contribution in [1.29, 1.82) is 0 Å². The average molecular weight is 489 g/mol. The van der Waals surface area contributed by atoms with Crippen molar-refractivity contribution in [3.05, 3.63) is 83.4 Å². The van der Waals surface area contributed by atoms with E-state index in [1.807, 2.05) is 31.1 Å². The lowest BCUT2D eigenvalue weighted by Gasteiger charge is -2.26. The van der Waals surface area contributed by atoms with E-state index in [0.717, 1.165) is 5.69 Å². The Bertz CT molecular complexity index is 1330. The predicted molar refractivity (Wildman–Crippen MR) is 138 cm³/mol. The van der Waals surface area contributed by atoms with E-state index < -0.39 is 17.7 Å². The van der Waals surface area contributed by atoms with E-state index in [4.69, 9.17) is 9.47 Å². The van der Waals surface area contributed by atoms with Crippen molar-refractivity contribution < 1.29 is 29.3 Å².